The average Bonchev–Trinajstić information content (AvgIpc) is 2.65. The second kappa shape index (κ2) is 6.85. The van der Waals surface area contributed by atoms with E-state index in [4.69, 9.17) is 9.94 Å². The molecule has 3 aliphatic rings. The number of rotatable bonds is 2. The molecule has 1 unspecified atom stereocenters. The van der Waals surface area contributed by atoms with Gasteiger partial charge in [-0.25, -0.2) is 9.87 Å². The lowest BCUT2D eigenvalue weighted by Crippen LogP contribution is -2.68. The third-order valence-electron chi connectivity index (χ3n) is 6.07. The van der Waals surface area contributed by atoms with Gasteiger partial charge < -0.3 is 9.64 Å². The van der Waals surface area contributed by atoms with Crippen LogP contribution in [0.3, 0.4) is 0 Å². The van der Waals surface area contributed by atoms with Crippen LogP contribution in [-0.2, 0) is 22.5 Å². The predicted octanol–water partition coefficient (Wildman–Crippen LogP) is 1.08. The molecule has 8 heteroatoms. The van der Waals surface area contributed by atoms with Crippen LogP contribution in [-0.4, -0.2) is 64.7 Å². The number of carbonyl (C=O) groups excluding carboxylic acids is 2. The van der Waals surface area contributed by atoms with Gasteiger partial charge in [-0.3, -0.25) is 19.7 Å². The Labute approximate surface area is 157 Å². The molecule has 2 amide bonds. The summed E-state index contributed by atoms with van der Waals surface area (Å²) < 4.78 is 20.6. The maximum atomic E-state index is 14.6. The molecule has 0 bridgehead atoms. The van der Waals surface area contributed by atoms with E-state index in [1.54, 1.807) is 23.4 Å². The van der Waals surface area contributed by atoms with E-state index in [0.717, 1.165) is 24.9 Å². The van der Waals surface area contributed by atoms with Crippen LogP contribution in [0.2, 0.25) is 0 Å². The van der Waals surface area contributed by atoms with Gasteiger partial charge in [0, 0.05) is 43.8 Å². The van der Waals surface area contributed by atoms with E-state index >= 15 is 0 Å². The minimum Gasteiger partial charge on any atom is -0.371 e. The summed E-state index contributed by atoms with van der Waals surface area (Å²) in [5.74, 6) is -1.04. The molecule has 0 saturated carbocycles. The van der Waals surface area contributed by atoms with Crippen LogP contribution in [0.1, 0.15) is 41.3 Å². The van der Waals surface area contributed by atoms with Gasteiger partial charge in [0.15, 0.2) is 0 Å². The molecule has 2 saturated heterocycles. The number of likely N-dealkylation sites (tertiary alicyclic amines) is 1. The molecule has 2 N–H and O–H groups in total. The monoisotopic (exact) mass is 377 g/mol. The van der Waals surface area contributed by atoms with Crippen molar-refractivity contribution in [1.29, 1.82) is 0 Å². The molecule has 4 rings (SSSR count). The average molecular weight is 377 g/mol. The highest BCUT2D eigenvalue weighted by atomic mass is 19.1. The second-order valence-corrected chi connectivity index (χ2v) is 7.81. The lowest BCUT2D eigenvalue weighted by molar-refractivity contribution is -0.189. The summed E-state index contributed by atoms with van der Waals surface area (Å²) in [6.45, 7) is 4.78. The zero-order valence-electron chi connectivity index (χ0n) is 15.3. The van der Waals surface area contributed by atoms with Crippen LogP contribution < -0.4 is 5.48 Å². The van der Waals surface area contributed by atoms with Crippen molar-refractivity contribution < 1.29 is 23.9 Å². The SMILES string of the molecule is CC(=O)N1CC2(CC(N3CCc4cc(C(=O)NO)cc(F)c4C3)CCO2)C1. The number of hydrogen-bond donors (Lipinski definition) is 2. The molecule has 2 fully saturated rings. The van der Waals surface area contributed by atoms with Gasteiger partial charge in [-0.05, 0) is 37.0 Å². The maximum Gasteiger partial charge on any atom is 0.274 e. The van der Waals surface area contributed by atoms with E-state index in [2.05, 4.69) is 4.90 Å². The van der Waals surface area contributed by atoms with Crippen LogP contribution in [0.4, 0.5) is 4.39 Å². The Morgan fingerprint density at radius 3 is 2.85 bits per heavy atom. The highest BCUT2D eigenvalue weighted by Crippen LogP contribution is 2.37. The van der Waals surface area contributed by atoms with E-state index in [1.165, 1.54) is 6.07 Å². The first kappa shape index (κ1) is 18.3. The molecular formula is C19H24FN3O4. The number of carbonyl (C=O) groups is 2. The molecular weight excluding hydrogens is 353 g/mol. The van der Waals surface area contributed by atoms with Crippen LogP contribution >= 0.6 is 0 Å². The molecule has 146 valence electrons. The zero-order valence-corrected chi connectivity index (χ0v) is 15.3. The number of ether oxygens (including phenoxy) is 1. The Hall–Kier alpha value is -2.03. The minimum absolute atomic E-state index is 0.0723. The lowest BCUT2D eigenvalue weighted by atomic mass is 9.82. The summed E-state index contributed by atoms with van der Waals surface area (Å²) in [6.07, 6.45) is 2.39. The van der Waals surface area contributed by atoms with Crippen molar-refractivity contribution in [2.45, 2.75) is 44.4 Å². The quantitative estimate of drug-likeness (QED) is 0.596. The van der Waals surface area contributed by atoms with E-state index in [1.807, 2.05) is 0 Å². The number of benzene rings is 1. The Bertz CT molecular complexity index is 778. The van der Waals surface area contributed by atoms with E-state index < -0.39 is 11.7 Å². The third-order valence-corrected chi connectivity index (χ3v) is 6.07. The van der Waals surface area contributed by atoms with Gasteiger partial charge in [0.1, 0.15) is 11.4 Å². The smallest absolute Gasteiger partial charge is 0.274 e. The maximum absolute atomic E-state index is 14.6. The highest BCUT2D eigenvalue weighted by molar-refractivity contribution is 5.93. The van der Waals surface area contributed by atoms with Gasteiger partial charge >= 0.3 is 0 Å². The summed E-state index contributed by atoms with van der Waals surface area (Å²) >= 11 is 0. The van der Waals surface area contributed by atoms with Crippen molar-refractivity contribution in [2.75, 3.05) is 26.2 Å². The normalized spacial score (nSPS) is 24.3. The number of hydrogen-bond acceptors (Lipinski definition) is 5. The molecule has 0 radical (unpaired) electrons. The fourth-order valence-corrected chi connectivity index (χ4v) is 4.55. The van der Waals surface area contributed by atoms with Crippen molar-refractivity contribution in [3.05, 3.63) is 34.6 Å². The van der Waals surface area contributed by atoms with E-state index in [9.17, 15) is 14.0 Å². The molecule has 1 atom stereocenters. The number of halogens is 1. The summed E-state index contributed by atoms with van der Waals surface area (Å²) in [5, 5.41) is 8.76. The van der Waals surface area contributed by atoms with Crippen molar-refractivity contribution in [1.82, 2.24) is 15.3 Å². The Kier molecular flexibility index (Phi) is 4.65. The second-order valence-electron chi connectivity index (χ2n) is 7.81. The Morgan fingerprint density at radius 2 is 2.15 bits per heavy atom. The van der Waals surface area contributed by atoms with Crippen LogP contribution in [0.5, 0.6) is 0 Å². The Morgan fingerprint density at radius 1 is 1.37 bits per heavy atom. The summed E-state index contributed by atoms with van der Waals surface area (Å²) in [7, 11) is 0. The van der Waals surface area contributed by atoms with Gasteiger partial charge in [0.05, 0.1) is 13.1 Å². The molecule has 3 heterocycles. The topological polar surface area (TPSA) is 82.1 Å². The van der Waals surface area contributed by atoms with Crippen molar-refractivity contribution in [2.24, 2.45) is 0 Å². The molecule has 0 aromatic heterocycles. The minimum atomic E-state index is -0.703. The summed E-state index contributed by atoms with van der Waals surface area (Å²) in [5.41, 5.74) is 2.87. The third kappa shape index (κ3) is 3.33. The first-order valence-electron chi connectivity index (χ1n) is 9.30. The molecule has 7 nitrogen and oxygen atoms in total. The number of amides is 2. The fourth-order valence-electron chi connectivity index (χ4n) is 4.55. The number of fused-ring (bicyclic) bond motifs is 1. The van der Waals surface area contributed by atoms with Crippen molar-refractivity contribution in [3.63, 3.8) is 0 Å². The lowest BCUT2D eigenvalue weighted by Gasteiger charge is -2.54. The van der Waals surface area contributed by atoms with Crippen molar-refractivity contribution >= 4 is 11.8 Å². The first-order valence-corrected chi connectivity index (χ1v) is 9.30. The standard InChI is InChI=1S/C19H24FN3O4/c1-12(24)23-10-19(11-23)8-15(3-5-27-19)22-4-2-13-6-14(18(25)21-26)7-17(20)16(13)9-22/h6-7,15,26H,2-5,8-11H2,1H3,(H,21,25). The van der Waals surface area contributed by atoms with Gasteiger partial charge in [-0.15, -0.1) is 0 Å². The molecule has 1 aromatic carbocycles. The zero-order chi connectivity index (χ0) is 19.2. The Balaban J connectivity index is 1.47. The fraction of sp³-hybridized carbons (Fsp3) is 0.579. The number of hydroxylamine groups is 1. The molecule has 1 spiro atoms. The van der Waals surface area contributed by atoms with Crippen LogP contribution in [0.25, 0.3) is 0 Å². The molecule has 0 aliphatic carbocycles. The molecule has 27 heavy (non-hydrogen) atoms. The number of nitrogens with zero attached hydrogens (tertiary/aromatic N) is 2. The van der Waals surface area contributed by atoms with Gasteiger partial charge in [-0.2, -0.15) is 0 Å². The molecule has 1 aromatic rings. The molecule has 3 aliphatic heterocycles. The van der Waals surface area contributed by atoms with E-state index in [-0.39, 0.29) is 17.1 Å². The van der Waals surface area contributed by atoms with Crippen molar-refractivity contribution in [3.8, 4) is 0 Å². The van der Waals surface area contributed by atoms with E-state index in [0.29, 0.717) is 44.3 Å². The van der Waals surface area contributed by atoms with Crippen LogP contribution in [0, 0.1) is 5.82 Å². The van der Waals surface area contributed by atoms with Gasteiger partial charge in [0.25, 0.3) is 5.91 Å². The summed E-state index contributed by atoms with van der Waals surface area (Å²) in [4.78, 5) is 27.1. The largest absolute Gasteiger partial charge is 0.371 e. The number of nitrogens with one attached hydrogen (secondary N) is 1. The summed E-state index contributed by atoms with van der Waals surface area (Å²) in [6, 6.07) is 3.13. The predicted molar refractivity (Wildman–Crippen MR) is 93.7 cm³/mol. The highest BCUT2D eigenvalue weighted by Gasteiger charge is 2.49. The first-order chi connectivity index (χ1) is 12.9. The van der Waals surface area contributed by atoms with Gasteiger partial charge in [-0.1, -0.05) is 0 Å². The van der Waals surface area contributed by atoms with Gasteiger partial charge in [0.2, 0.25) is 5.91 Å². The van der Waals surface area contributed by atoms with Crippen LogP contribution in [0.15, 0.2) is 12.1 Å².